The molecule has 0 radical (unpaired) electrons. The van der Waals surface area contributed by atoms with Gasteiger partial charge >= 0.3 is 0 Å². The quantitative estimate of drug-likeness (QED) is 0.832. The number of hydrogen-bond acceptors (Lipinski definition) is 3. The molecule has 0 bridgehead atoms. The molecular weight excluding hydrogens is 330 g/mol. The topological polar surface area (TPSA) is 39.1 Å². The first kappa shape index (κ1) is 16.2. The molecule has 0 spiro atoms. The molecule has 0 amide bonds. The molecule has 4 nitrogen and oxygen atoms in total. The average molecular weight is 352 g/mol. The van der Waals surface area contributed by atoms with Crippen molar-refractivity contribution >= 4 is 15.9 Å². The van der Waals surface area contributed by atoms with E-state index in [1.165, 1.54) is 11.1 Å². The Morgan fingerprint density at radius 2 is 2.14 bits per heavy atom. The van der Waals surface area contributed by atoms with E-state index < -0.39 is 0 Å². The molecule has 21 heavy (non-hydrogen) atoms. The molecule has 1 N–H and O–H groups in total. The minimum atomic E-state index is 0.208. The molecule has 0 saturated heterocycles. The standard InChI is InChI=1S/C16H22BrN3O/c1-12-6-4-5-7-13(12)10-15(18-2)16-14(17)11-19-20(16)8-9-21-3/h4-7,11,15,18H,8-10H2,1-3H3. The molecule has 1 atom stereocenters. The molecule has 2 aromatic rings. The van der Waals surface area contributed by atoms with E-state index in [2.05, 4.69) is 57.5 Å². The number of aryl methyl sites for hydroxylation is 1. The number of nitrogens with one attached hydrogen (secondary N) is 1. The summed E-state index contributed by atoms with van der Waals surface area (Å²) in [5, 5.41) is 7.84. The molecule has 2 rings (SSSR count). The number of ether oxygens (including phenoxy) is 1. The van der Waals surface area contributed by atoms with Crippen LogP contribution in [0.3, 0.4) is 0 Å². The van der Waals surface area contributed by atoms with Gasteiger partial charge in [0.1, 0.15) is 0 Å². The van der Waals surface area contributed by atoms with Gasteiger partial charge in [-0.15, -0.1) is 0 Å². The molecule has 5 heteroatoms. The summed E-state index contributed by atoms with van der Waals surface area (Å²) >= 11 is 3.62. The van der Waals surface area contributed by atoms with Crippen LogP contribution in [0.2, 0.25) is 0 Å². The lowest BCUT2D eigenvalue weighted by Crippen LogP contribution is -2.24. The van der Waals surface area contributed by atoms with Crippen LogP contribution in [0, 0.1) is 6.92 Å². The second-order valence-electron chi connectivity index (χ2n) is 5.07. The van der Waals surface area contributed by atoms with E-state index in [0.717, 1.165) is 23.1 Å². The molecular formula is C16H22BrN3O. The molecule has 1 unspecified atom stereocenters. The molecule has 0 fully saturated rings. The van der Waals surface area contributed by atoms with Gasteiger partial charge in [0, 0.05) is 7.11 Å². The second-order valence-corrected chi connectivity index (χ2v) is 5.92. The summed E-state index contributed by atoms with van der Waals surface area (Å²) in [6.45, 7) is 3.56. The van der Waals surface area contributed by atoms with Crippen LogP contribution < -0.4 is 5.32 Å². The smallest absolute Gasteiger partial charge is 0.0699 e. The van der Waals surface area contributed by atoms with Gasteiger partial charge in [-0.2, -0.15) is 5.10 Å². The highest BCUT2D eigenvalue weighted by Crippen LogP contribution is 2.26. The van der Waals surface area contributed by atoms with Gasteiger partial charge < -0.3 is 10.1 Å². The van der Waals surface area contributed by atoms with Crippen molar-refractivity contribution in [3.63, 3.8) is 0 Å². The molecule has 114 valence electrons. The number of rotatable bonds is 7. The van der Waals surface area contributed by atoms with Gasteiger partial charge in [-0.25, -0.2) is 0 Å². The van der Waals surface area contributed by atoms with Crippen LogP contribution in [0.4, 0.5) is 0 Å². The minimum Gasteiger partial charge on any atom is -0.383 e. The second kappa shape index (κ2) is 7.73. The summed E-state index contributed by atoms with van der Waals surface area (Å²) in [5.74, 6) is 0. The SMILES string of the molecule is CNC(Cc1ccccc1C)c1c(Br)cnn1CCOC. The number of likely N-dealkylation sites (N-methyl/N-ethyl adjacent to an activating group) is 1. The van der Waals surface area contributed by atoms with Crippen molar-refractivity contribution in [2.75, 3.05) is 20.8 Å². The Bertz CT molecular complexity index is 583. The number of halogens is 1. The third-order valence-electron chi connectivity index (χ3n) is 3.70. The van der Waals surface area contributed by atoms with Crippen molar-refractivity contribution in [2.24, 2.45) is 0 Å². The largest absolute Gasteiger partial charge is 0.383 e. The van der Waals surface area contributed by atoms with E-state index in [1.54, 1.807) is 7.11 Å². The predicted molar refractivity (Wildman–Crippen MR) is 88.5 cm³/mol. The molecule has 1 aromatic carbocycles. The fourth-order valence-corrected chi connectivity index (χ4v) is 3.04. The summed E-state index contributed by atoms with van der Waals surface area (Å²) < 4.78 is 8.21. The number of benzene rings is 1. The van der Waals surface area contributed by atoms with Crippen molar-refractivity contribution in [1.29, 1.82) is 0 Å². The zero-order valence-electron chi connectivity index (χ0n) is 12.8. The Morgan fingerprint density at radius 3 is 2.81 bits per heavy atom. The molecule has 1 heterocycles. The maximum Gasteiger partial charge on any atom is 0.0699 e. The average Bonchev–Trinajstić information content (AvgIpc) is 2.85. The van der Waals surface area contributed by atoms with E-state index in [0.29, 0.717) is 6.61 Å². The van der Waals surface area contributed by atoms with E-state index in [4.69, 9.17) is 4.74 Å². The van der Waals surface area contributed by atoms with Crippen LogP contribution in [-0.4, -0.2) is 30.5 Å². The summed E-state index contributed by atoms with van der Waals surface area (Å²) in [6, 6.07) is 8.71. The first-order valence-electron chi connectivity index (χ1n) is 7.09. The first-order chi connectivity index (χ1) is 10.2. The highest BCUT2D eigenvalue weighted by Gasteiger charge is 2.19. The van der Waals surface area contributed by atoms with E-state index in [9.17, 15) is 0 Å². The van der Waals surface area contributed by atoms with Crippen LogP contribution >= 0.6 is 15.9 Å². The van der Waals surface area contributed by atoms with Crippen LogP contribution in [0.15, 0.2) is 34.9 Å². The molecule has 1 aromatic heterocycles. The maximum absolute atomic E-state index is 5.16. The fraction of sp³-hybridized carbons (Fsp3) is 0.438. The van der Waals surface area contributed by atoms with Crippen molar-refractivity contribution in [3.8, 4) is 0 Å². The first-order valence-corrected chi connectivity index (χ1v) is 7.88. The molecule has 0 aliphatic heterocycles. The Morgan fingerprint density at radius 1 is 1.38 bits per heavy atom. The monoisotopic (exact) mass is 351 g/mol. The number of methoxy groups -OCH3 is 1. The Hall–Kier alpha value is -1.17. The van der Waals surface area contributed by atoms with Gasteiger partial charge in [-0.1, -0.05) is 24.3 Å². The van der Waals surface area contributed by atoms with Crippen molar-refractivity contribution in [2.45, 2.75) is 25.9 Å². The summed E-state index contributed by atoms with van der Waals surface area (Å²) in [4.78, 5) is 0. The van der Waals surface area contributed by atoms with E-state index >= 15 is 0 Å². The van der Waals surface area contributed by atoms with Gasteiger partial charge in [-0.3, -0.25) is 4.68 Å². The number of aromatic nitrogens is 2. The van der Waals surface area contributed by atoms with E-state index in [1.807, 2.05) is 17.9 Å². The Balaban J connectivity index is 2.25. The van der Waals surface area contributed by atoms with Crippen molar-refractivity contribution in [3.05, 3.63) is 51.8 Å². The van der Waals surface area contributed by atoms with Gasteiger partial charge in [0.05, 0.1) is 35.6 Å². The number of nitrogens with zero attached hydrogens (tertiary/aromatic N) is 2. The predicted octanol–water partition coefficient (Wildman–Crippen LogP) is 3.10. The van der Waals surface area contributed by atoms with Crippen LogP contribution in [0.1, 0.15) is 22.9 Å². The third kappa shape index (κ3) is 3.93. The normalized spacial score (nSPS) is 12.6. The lowest BCUT2D eigenvalue weighted by molar-refractivity contribution is 0.181. The van der Waals surface area contributed by atoms with Crippen molar-refractivity contribution in [1.82, 2.24) is 15.1 Å². The third-order valence-corrected chi connectivity index (χ3v) is 4.32. The maximum atomic E-state index is 5.16. The molecule has 0 saturated carbocycles. The van der Waals surface area contributed by atoms with Crippen LogP contribution in [0.25, 0.3) is 0 Å². The lowest BCUT2D eigenvalue weighted by Gasteiger charge is -2.20. The van der Waals surface area contributed by atoms with Gasteiger partial charge in [0.15, 0.2) is 0 Å². The summed E-state index contributed by atoms with van der Waals surface area (Å²) in [6.07, 6.45) is 2.79. The molecule has 0 aliphatic rings. The van der Waals surface area contributed by atoms with E-state index in [-0.39, 0.29) is 6.04 Å². The van der Waals surface area contributed by atoms with Crippen molar-refractivity contribution < 1.29 is 4.74 Å². The van der Waals surface area contributed by atoms with Gasteiger partial charge in [0.2, 0.25) is 0 Å². The minimum absolute atomic E-state index is 0.208. The zero-order chi connectivity index (χ0) is 15.2. The van der Waals surface area contributed by atoms with Crippen LogP contribution in [0.5, 0.6) is 0 Å². The fourth-order valence-electron chi connectivity index (χ4n) is 2.47. The summed E-state index contributed by atoms with van der Waals surface area (Å²) in [5.41, 5.74) is 3.83. The highest BCUT2D eigenvalue weighted by atomic mass is 79.9. The van der Waals surface area contributed by atoms with Gasteiger partial charge in [0.25, 0.3) is 0 Å². The zero-order valence-corrected chi connectivity index (χ0v) is 14.4. The lowest BCUT2D eigenvalue weighted by atomic mass is 9.99. The van der Waals surface area contributed by atoms with Crippen LogP contribution in [-0.2, 0) is 17.7 Å². The Kier molecular flexibility index (Phi) is 5.96. The highest BCUT2D eigenvalue weighted by molar-refractivity contribution is 9.10. The Labute approximate surface area is 134 Å². The summed E-state index contributed by atoms with van der Waals surface area (Å²) in [7, 11) is 3.70. The molecule has 0 aliphatic carbocycles. The number of hydrogen-bond donors (Lipinski definition) is 1. The van der Waals surface area contributed by atoms with Gasteiger partial charge in [-0.05, 0) is 47.4 Å².